The number of rotatable bonds is 2. The summed E-state index contributed by atoms with van der Waals surface area (Å²) in [7, 11) is 0. The fourth-order valence-corrected chi connectivity index (χ4v) is 4.99. The van der Waals surface area contributed by atoms with Gasteiger partial charge < -0.3 is 0 Å². The second-order valence-corrected chi connectivity index (χ2v) is 7.35. The molecule has 17 heavy (non-hydrogen) atoms. The molecular formula is C14H14Br2S. The average Bonchev–Trinajstić information content (AvgIpc) is 2.57. The second kappa shape index (κ2) is 5.25. The number of thiophene rings is 1. The Morgan fingerprint density at radius 1 is 1.12 bits per heavy atom. The van der Waals surface area contributed by atoms with E-state index in [-0.39, 0.29) is 4.83 Å². The number of hydrogen-bond donors (Lipinski definition) is 0. The Morgan fingerprint density at radius 3 is 2.35 bits per heavy atom. The smallest absolute Gasteiger partial charge is 0.0751 e. The first-order valence-corrected chi connectivity index (χ1v) is 7.98. The summed E-state index contributed by atoms with van der Waals surface area (Å²) in [6, 6.07) is 8.76. The highest BCUT2D eigenvalue weighted by atomic mass is 79.9. The maximum Gasteiger partial charge on any atom is 0.0751 e. The van der Waals surface area contributed by atoms with E-state index in [1.165, 1.54) is 30.9 Å². The first-order valence-electron chi connectivity index (χ1n) is 5.46. The fourth-order valence-electron chi connectivity index (χ4n) is 1.89. The van der Waals surface area contributed by atoms with E-state index in [9.17, 15) is 0 Å². The molecule has 0 amide bonds. The first kappa shape index (κ1) is 13.3. The number of benzene rings is 1. The minimum absolute atomic E-state index is 0.274. The van der Waals surface area contributed by atoms with Crippen LogP contribution in [-0.2, 0) is 0 Å². The molecule has 90 valence electrons. The fraction of sp³-hybridized carbons (Fsp3) is 0.286. The summed E-state index contributed by atoms with van der Waals surface area (Å²) in [4.78, 5) is 3.04. The van der Waals surface area contributed by atoms with Crippen LogP contribution < -0.4 is 0 Å². The molecule has 0 saturated heterocycles. The van der Waals surface area contributed by atoms with Gasteiger partial charge in [0.1, 0.15) is 0 Å². The molecule has 0 radical (unpaired) electrons. The van der Waals surface area contributed by atoms with Crippen LogP contribution in [-0.4, -0.2) is 0 Å². The predicted octanol–water partition coefficient (Wildman–Crippen LogP) is 5.92. The lowest BCUT2D eigenvalue weighted by Gasteiger charge is -2.12. The molecule has 1 aromatic carbocycles. The van der Waals surface area contributed by atoms with E-state index in [1.807, 2.05) is 11.3 Å². The average molecular weight is 374 g/mol. The van der Waals surface area contributed by atoms with Gasteiger partial charge in [0.05, 0.1) is 4.83 Å². The van der Waals surface area contributed by atoms with Crippen molar-refractivity contribution in [3.05, 3.63) is 55.2 Å². The van der Waals surface area contributed by atoms with Crippen LogP contribution in [0.1, 0.15) is 31.3 Å². The highest BCUT2D eigenvalue weighted by Crippen LogP contribution is 2.40. The van der Waals surface area contributed by atoms with Gasteiger partial charge in [-0.15, -0.1) is 11.3 Å². The van der Waals surface area contributed by atoms with Crippen LogP contribution in [0.5, 0.6) is 0 Å². The van der Waals surface area contributed by atoms with Crippen LogP contribution in [0.15, 0.2) is 28.7 Å². The molecule has 1 unspecified atom stereocenters. The molecule has 0 aliphatic carbocycles. The van der Waals surface area contributed by atoms with Gasteiger partial charge in [-0.05, 0) is 49.6 Å². The van der Waals surface area contributed by atoms with Gasteiger partial charge in [-0.25, -0.2) is 0 Å². The van der Waals surface area contributed by atoms with E-state index in [1.54, 1.807) is 0 Å². The summed E-state index contributed by atoms with van der Waals surface area (Å²) in [5, 5.41) is 0. The normalized spacial score (nSPS) is 12.8. The number of aryl methyl sites for hydroxylation is 3. The molecule has 0 bridgehead atoms. The van der Waals surface area contributed by atoms with Crippen molar-refractivity contribution in [3.8, 4) is 0 Å². The standard InChI is InChI=1S/C14H14Br2S/c1-8-4-5-11(12(15)6-8)13(16)14-9(2)7-10(3)17-14/h4-7,13H,1-3H3. The summed E-state index contributed by atoms with van der Waals surface area (Å²) < 4.78 is 1.17. The zero-order valence-electron chi connectivity index (χ0n) is 10.1. The summed E-state index contributed by atoms with van der Waals surface area (Å²) in [5.74, 6) is 0. The maximum atomic E-state index is 3.81. The summed E-state index contributed by atoms with van der Waals surface area (Å²) in [6.45, 7) is 6.44. The Labute approximate surface area is 123 Å². The van der Waals surface area contributed by atoms with Crippen molar-refractivity contribution in [2.45, 2.75) is 25.6 Å². The molecule has 0 fully saturated rings. The molecule has 1 heterocycles. The topological polar surface area (TPSA) is 0 Å². The van der Waals surface area contributed by atoms with Crippen LogP contribution in [0, 0.1) is 20.8 Å². The van der Waals surface area contributed by atoms with Gasteiger partial charge in [0.15, 0.2) is 0 Å². The van der Waals surface area contributed by atoms with Crippen LogP contribution >= 0.6 is 43.2 Å². The Bertz CT molecular complexity index is 543. The lowest BCUT2D eigenvalue weighted by Crippen LogP contribution is -1.93. The van der Waals surface area contributed by atoms with E-state index in [2.05, 4.69) is 76.9 Å². The van der Waals surface area contributed by atoms with Crippen molar-refractivity contribution < 1.29 is 0 Å². The van der Waals surface area contributed by atoms with E-state index in [0.29, 0.717) is 0 Å². The molecule has 0 spiro atoms. The van der Waals surface area contributed by atoms with Crippen molar-refractivity contribution >= 4 is 43.2 Å². The third-order valence-electron chi connectivity index (χ3n) is 2.74. The summed E-state index contributed by atoms with van der Waals surface area (Å²) in [5.41, 5.74) is 3.93. The van der Waals surface area contributed by atoms with Gasteiger partial charge in [-0.2, -0.15) is 0 Å². The lowest BCUT2D eigenvalue weighted by atomic mass is 10.1. The Balaban J connectivity index is 2.43. The monoisotopic (exact) mass is 372 g/mol. The molecular weight excluding hydrogens is 360 g/mol. The zero-order valence-corrected chi connectivity index (χ0v) is 14.0. The lowest BCUT2D eigenvalue weighted by molar-refractivity contribution is 1.17. The summed E-state index contributed by atoms with van der Waals surface area (Å²) >= 11 is 9.33. The molecule has 3 heteroatoms. The van der Waals surface area contributed by atoms with Crippen molar-refractivity contribution in [2.24, 2.45) is 0 Å². The minimum Gasteiger partial charge on any atom is -0.144 e. The van der Waals surface area contributed by atoms with Crippen LogP contribution in [0.2, 0.25) is 0 Å². The van der Waals surface area contributed by atoms with Crippen LogP contribution in [0.25, 0.3) is 0 Å². The van der Waals surface area contributed by atoms with Crippen molar-refractivity contribution in [1.29, 1.82) is 0 Å². The van der Waals surface area contributed by atoms with Crippen molar-refractivity contribution in [3.63, 3.8) is 0 Å². The van der Waals surface area contributed by atoms with Gasteiger partial charge in [0, 0.05) is 14.2 Å². The van der Waals surface area contributed by atoms with Crippen molar-refractivity contribution in [1.82, 2.24) is 0 Å². The van der Waals surface area contributed by atoms with Gasteiger partial charge in [0.25, 0.3) is 0 Å². The molecule has 1 aromatic heterocycles. The Morgan fingerprint density at radius 2 is 1.82 bits per heavy atom. The largest absolute Gasteiger partial charge is 0.144 e. The van der Waals surface area contributed by atoms with Crippen LogP contribution in [0.3, 0.4) is 0 Å². The predicted molar refractivity (Wildman–Crippen MR) is 83.4 cm³/mol. The van der Waals surface area contributed by atoms with Crippen molar-refractivity contribution in [2.75, 3.05) is 0 Å². The van der Waals surface area contributed by atoms with E-state index >= 15 is 0 Å². The first-order chi connectivity index (χ1) is 7.99. The molecule has 0 saturated carbocycles. The van der Waals surface area contributed by atoms with Gasteiger partial charge >= 0.3 is 0 Å². The highest BCUT2D eigenvalue weighted by molar-refractivity contribution is 9.11. The molecule has 0 aliphatic rings. The van der Waals surface area contributed by atoms with Gasteiger partial charge in [-0.3, -0.25) is 0 Å². The molecule has 0 nitrogen and oxygen atoms in total. The van der Waals surface area contributed by atoms with E-state index in [0.717, 1.165) is 0 Å². The molecule has 2 rings (SSSR count). The van der Waals surface area contributed by atoms with E-state index in [4.69, 9.17) is 0 Å². The molecule has 2 aromatic rings. The number of alkyl halides is 1. The Kier molecular flexibility index (Phi) is 4.11. The Hall–Kier alpha value is -0.120. The van der Waals surface area contributed by atoms with Gasteiger partial charge in [0.2, 0.25) is 0 Å². The number of hydrogen-bond acceptors (Lipinski definition) is 1. The number of halogens is 2. The quantitative estimate of drug-likeness (QED) is 0.573. The molecule has 0 N–H and O–H groups in total. The maximum absolute atomic E-state index is 3.81. The second-order valence-electron chi connectivity index (χ2n) is 4.29. The zero-order chi connectivity index (χ0) is 12.6. The molecule has 0 aliphatic heterocycles. The highest BCUT2D eigenvalue weighted by Gasteiger charge is 2.17. The van der Waals surface area contributed by atoms with E-state index < -0.39 is 0 Å². The third kappa shape index (κ3) is 2.83. The van der Waals surface area contributed by atoms with Gasteiger partial charge in [-0.1, -0.05) is 44.0 Å². The SMILES string of the molecule is Cc1ccc(C(Br)c2sc(C)cc2C)c(Br)c1. The minimum atomic E-state index is 0.274. The molecule has 1 atom stereocenters. The van der Waals surface area contributed by atoms with Crippen LogP contribution in [0.4, 0.5) is 0 Å². The summed E-state index contributed by atoms with van der Waals surface area (Å²) in [6.07, 6.45) is 0. The third-order valence-corrected chi connectivity index (χ3v) is 5.90.